The highest BCUT2D eigenvalue weighted by atomic mass is 32.1. The van der Waals surface area contributed by atoms with E-state index in [1.807, 2.05) is 0 Å². The summed E-state index contributed by atoms with van der Waals surface area (Å²) < 4.78 is 31.5. The molecule has 0 saturated carbocycles. The van der Waals surface area contributed by atoms with Gasteiger partial charge in [-0.05, 0) is 31.5 Å². The van der Waals surface area contributed by atoms with Crippen LogP contribution in [-0.4, -0.2) is 23.6 Å². The quantitative estimate of drug-likeness (QED) is 0.613. The number of nitrogens with zero attached hydrogens (tertiary/aromatic N) is 1. The van der Waals surface area contributed by atoms with Crippen LogP contribution in [-0.2, 0) is 9.53 Å². The zero-order valence-corrected chi connectivity index (χ0v) is 13.3. The number of halogens is 2. The molecule has 0 aliphatic rings. The molecule has 2 aromatic rings. The van der Waals surface area contributed by atoms with E-state index in [0.29, 0.717) is 29.4 Å². The first-order valence-electron chi connectivity index (χ1n) is 6.95. The Bertz CT molecular complexity index is 703. The average Bonchev–Trinajstić information content (AvgIpc) is 2.98. The summed E-state index contributed by atoms with van der Waals surface area (Å²) in [6, 6.07) is 3.54. The molecule has 0 aliphatic heterocycles. The Morgan fingerprint density at radius 3 is 2.96 bits per heavy atom. The van der Waals surface area contributed by atoms with Crippen LogP contribution in [0, 0.1) is 11.6 Å². The molecule has 1 N–H and O–H groups in total. The highest BCUT2D eigenvalue weighted by Gasteiger charge is 2.15. The van der Waals surface area contributed by atoms with Crippen molar-refractivity contribution in [3.8, 4) is 11.3 Å². The lowest BCUT2D eigenvalue weighted by atomic mass is 10.2. The number of benzene rings is 1. The maximum absolute atomic E-state index is 13.2. The number of hydrogen-bond donors (Lipinski definition) is 1. The lowest BCUT2D eigenvalue weighted by Gasteiger charge is -2.11. The monoisotopic (exact) mass is 338 g/mol. The minimum atomic E-state index is -0.940. The van der Waals surface area contributed by atoms with E-state index in [4.69, 9.17) is 4.74 Å². The Hall–Kier alpha value is -2.12. The van der Waals surface area contributed by atoms with Gasteiger partial charge < -0.3 is 4.74 Å². The number of aromatic nitrogens is 1. The number of ether oxygens (including phenoxy) is 1. The summed E-state index contributed by atoms with van der Waals surface area (Å²) in [5, 5.41) is 4.66. The predicted molar refractivity (Wildman–Crippen MR) is 86.3 cm³/mol. The summed E-state index contributed by atoms with van der Waals surface area (Å²) in [7, 11) is 0. The lowest BCUT2D eigenvalue weighted by Crippen LogP contribution is -2.27. The second-order valence-corrected chi connectivity index (χ2v) is 5.60. The molecule has 1 aromatic carbocycles. The van der Waals surface area contributed by atoms with Crippen molar-refractivity contribution in [2.75, 3.05) is 11.9 Å². The molecule has 0 bridgehead atoms. The summed E-state index contributed by atoms with van der Waals surface area (Å²) in [5.41, 5.74) is 0.903. The van der Waals surface area contributed by atoms with Crippen molar-refractivity contribution in [1.29, 1.82) is 0 Å². The van der Waals surface area contributed by atoms with Gasteiger partial charge in [0, 0.05) is 10.9 Å². The first-order chi connectivity index (χ1) is 11.0. The maximum Gasteiger partial charge on any atom is 0.254 e. The van der Waals surface area contributed by atoms with Crippen LogP contribution in [0.1, 0.15) is 13.3 Å². The fourth-order valence-corrected chi connectivity index (χ4v) is 2.45. The van der Waals surface area contributed by atoms with Gasteiger partial charge >= 0.3 is 0 Å². The van der Waals surface area contributed by atoms with E-state index >= 15 is 0 Å². The Labute approximate surface area is 136 Å². The van der Waals surface area contributed by atoms with E-state index in [0.717, 1.165) is 12.1 Å². The number of anilines is 1. The molecule has 0 spiro atoms. The Morgan fingerprint density at radius 1 is 1.48 bits per heavy atom. The number of carbonyl (C=O) groups is 1. The molecule has 7 heteroatoms. The number of amides is 1. The molecule has 0 radical (unpaired) electrons. The van der Waals surface area contributed by atoms with Gasteiger partial charge in [-0.15, -0.1) is 17.9 Å². The van der Waals surface area contributed by atoms with Crippen LogP contribution in [0.4, 0.5) is 13.9 Å². The van der Waals surface area contributed by atoms with Crippen LogP contribution in [0.25, 0.3) is 11.3 Å². The smallest absolute Gasteiger partial charge is 0.254 e. The second-order valence-electron chi connectivity index (χ2n) is 4.75. The number of carbonyl (C=O) groups excluding carboxylic acids is 1. The second kappa shape index (κ2) is 7.94. The summed E-state index contributed by atoms with van der Waals surface area (Å²) in [6.45, 7) is 5.63. The van der Waals surface area contributed by atoms with Gasteiger partial charge in [0.1, 0.15) is 6.10 Å². The third-order valence-electron chi connectivity index (χ3n) is 3.01. The minimum absolute atomic E-state index is 0.319. The Morgan fingerprint density at radius 2 is 2.26 bits per heavy atom. The lowest BCUT2D eigenvalue weighted by molar-refractivity contribution is -0.126. The molecule has 1 unspecified atom stereocenters. The largest absolute Gasteiger partial charge is 0.368 e. The molecule has 0 saturated heterocycles. The minimum Gasteiger partial charge on any atom is -0.368 e. The first-order valence-corrected chi connectivity index (χ1v) is 7.83. The number of rotatable bonds is 7. The van der Waals surface area contributed by atoms with Crippen molar-refractivity contribution in [2.24, 2.45) is 0 Å². The van der Waals surface area contributed by atoms with E-state index in [9.17, 15) is 13.6 Å². The van der Waals surface area contributed by atoms with Gasteiger partial charge in [-0.2, -0.15) is 0 Å². The van der Waals surface area contributed by atoms with Gasteiger partial charge in [0.25, 0.3) is 5.91 Å². The number of nitrogens with one attached hydrogen (secondary N) is 1. The van der Waals surface area contributed by atoms with Crippen LogP contribution in [0.2, 0.25) is 0 Å². The molecule has 1 heterocycles. The maximum atomic E-state index is 13.2. The van der Waals surface area contributed by atoms with Gasteiger partial charge in [0.15, 0.2) is 16.8 Å². The Kier molecular flexibility index (Phi) is 5.95. The summed E-state index contributed by atoms with van der Waals surface area (Å²) in [4.78, 5) is 16.1. The molecule has 2 rings (SSSR count). The topological polar surface area (TPSA) is 51.2 Å². The fourth-order valence-electron chi connectivity index (χ4n) is 1.73. The van der Waals surface area contributed by atoms with E-state index in [1.165, 1.54) is 17.4 Å². The van der Waals surface area contributed by atoms with Crippen molar-refractivity contribution in [3.63, 3.8) is 0 Å². The van der Waals surface area contributed by atoms with E-state index < -0.39 is 17.7 Å². The number of hydrogen-bond acceptors (Lipinski definition) is 4. The first kappa shape index (κ1) is 17.2. The third kappa shape index (κ3) is 4.67. The molecule has 1 amide bonds. The molecular weight excluding hydrogens is 322 g/mol. The zero-order valence-electron chi connectivity index (χ0n) is 12.5. The van der Waals surface area contributed by atoms with Crippen LogP contribution in [0.3, 0.4) is 0 Å². The van der Waals surface area contributed by atoms with Crippen LogP contribution in [0.15, 0.2) is 36.2 Å². The molecule has 1 atom stereocenters. The molecule has 0 fully saturated rings. The SMILES string of the molecule is C=CCCOC(C)C(=O)Nc1nc(-c2ccc(F)c(F)c2)cs1. The van der Waals surface area contributed by atoms with Gasteiger partial charge in [0.05, 0.1) is 12.3 Å². The molecule has 0 aliphatic carbocycles. The van der Waals surface area contributed by atoms with Crippen molar-refractivity contribution in [3.05, 3.63) is 47.9 Å². The van der Waals surface area contributed by atoms with Crippen LogP contribution >= 0.6 is 11.3 Å². The van der Waals surface area contributed by atoms with Crippen molar-refractivity contribution < 1.29 is 18.3 Å². The average molecular weight is 338 g/mol. The molecule has 122 valence electrons. The standard InChI is InChI=1S/C16H16F2N2O2S/c1-3-4-7-22-10(2)15(21)20-16-19-14(9-23-16)11-5-6-12(17)13(18)8-11/h3,5-6,8-10H,1,4,7H2,2H3,(H,19,20,21). The normalized spacial score (nSPS) is 12.0. The zero-order chi connectivity index (χ0) is 16.8. The predicted octanol–water partition coefficient (Wildman–Crippen LogP) is 4.01. The Balaban J connectivity index is 2.00. The molecular formula is C16H16F2N2O2S. The molecule has 1 aromatic heterocycles. The summed E-state index contributed by atoms with van der Waals surface area (Å²) in [5.74, 6) is -2.17. The van der Waals surface area contributed by atoms with Crippen molar-refractivity contribution in [1.82, 2.24) is 4.98 Å². The van der Waals surface area contributed by atoms with Crippen molar-refractivity contribution >= 4 is 22.4 Å². The van der Waals surface area contributed by atoms with Gasteiger partial charge in [0.2, 0.25) is 0 Å². The highest BCUT2D eigenvalue weighted by molar-refractivity contribution is 7.14. The molecule has 4 nitrogen and oxygen atoms in total. The molecule has 23 heavy (non-hydrogen) atoms. The summed E-state index contributed by atoms with van der Waals surface area (Å²) in [6.07, 6.45) is 1.75. The van der Waals surface area contributed by atoms with Gasteiger partial charge in [-0.3, -0.25) is 10.1 Å². The highest BCUT2D eigenvalue weighted by Crippen LogP contribution is 2.26. The van der Waals surface area contributed by atoms with Crippen LogP contribution in [0.5, 0.6) is 0 Å². The van der Waals surface area contributed by atoms with E-state index in [1.54, 1.807) is 18.4 Å². The van der Waals surface area contributed by atoms with Crippen LogP contribution < -0.4 is 5.32 Å². The third-order valence-corrected chi connectivity index (χ3v) is 3.77. The van der Waals surface area contributed by atoms with Gasteiger partial charge in [-0.25, -0.2) is 13.8 Å². The van der Waals surface area contributed by atoms with Gasteiger partial charge in [-0.1, -0.05) is 6.08 Å². The number of thiazole rings is 1. The van der Waals surface area contributed by atoms with E-state index in [2.05, 4.69) is 16.9 Å². The fraction of sp³-hybridized carbons (Fsp3) is 0.250. The summed E-state index contributed by atoms with van der Waals surface area (Å²) >= 11 is 1.20. The van der Waals surface area contributed by atoms with E-state index in [-0.39, 0.29) is 5.91 Å². The van der Waals surface area contributed by atoms with Crippen molar-refractivity contribution in [2.45, 2.75) is 19.4 Å².